The molecule has 2 aromatic rings. The average molecular weight is 268 g/mol. The van der Waals surface area contributed by atoms with E-state index in [2.05, 4.69) is 6.92 Å². The van der Waals surface area contributed by atoms with E-state index < -0.39 is 0 Å². The predicted molar refractivity (Wildman–Crippen MR) is 80.1 cm³/mol. The summed E-state index contributed by atoms with van der Waals surface area (Å²) in [6.07, 6.45) is 6.24. The molecule has 1 saturated heterocycles. The second-order valence-corrected chi connectivity index (χ2v) is 5.61. The minimum Gasteiger partial charge on any atom is -0.339 e. The highest BCUT2D eigenvalue weighted by molar-refractivity contribution is 5.94. The van der Waals surface area contributed by atoms with Crippen LogP contribution in [0.1, 0.15) is 30.1 Å². The Kier molecular flexibility index (Phi) is 3.59. The van der Waals surface area contributed by atoms with Gasteiger partial charge in [-0.3, -0.25) is 4.79 Å². The van der Waals surface area contributed by atoms with E-state index in [0.29, 0.717) is 0 Å². The van der Waals surface area contributed by atoms with Gasteiger partial charge in [-0.2, -0.15) is 0 Å². The fourth-order valence-electron chi connectivity index (χ4n) is 2.68. The van der Waals surface area contributed by atoms with Gasteiger partial charge in [0.15, 0.2) is 0 Å². The lowest BCUT2D eigenvalue weighted by atomic mass is 9.98. The van der Waals surface area contributed by atoms with Crippen molar-refractivity contribution in [2.24, 2.45) is 5.92 Å². The number of hydrogen-bond donors (Lipinski definition) is 0. The van der Waals surface area contributed by atoms with Gasteiger partial charge in [0.2, 0.25) is 0 Å². The number of rotatable bonds is 2. The van der Waals surface area contributed by atoms with Crippen molar-refractivity contribution in [3.8, 4) is 5.69 Å². The van der Waals surface area contributed by atoms with E-state index >= 15 is 0 Å². The number of hydrogen-bond acceptors (Lipinski definition) is 1. The van der Waals surface area contributed by atoms with Crippen molar-refractivity contribution in [3.63, 3.8) is 0 Å². The lowest BCUT2D eigenvalue weighted by molar-refractivity contribution is 0.0697. The van der Waals surface area contributed by atoms with Crippen molar-refractivity contribution in [1.82, 2.24) is 9.47 Å². The Bertz CT molecular complexity index is 564. The fraction of sp³-hybridized carbons (Fsp3) is 0.353. The van der Waals surface area contributed by atoms with Crippen LogP contribution in [-0.2, 0) is 0 Å². The van der Waals surface area contributed by atoms with Crippen molar-refractivity contribution in [2.45, 2.75) is 19.8 Å². The van der Waals surface area contributed by atoms with E-state index in [1.165, 1.54) is 0 Å². The number of nitrogens with zero attached hydrogens (tertiary/aromatic N) is 2. The Labute approximate surface area is 119 Å². The highest BCUT2D eigenvalue weighted by Crippen LogP contribution is 2.19. The average Bonchev–Trinajstić information content (AvgIpc) is 3.02. The number of aromatic nitrogens is 1. The number of likely N-dealkylation sites (tertiary alicyclic amines) is 1. The van der Waals surface area contributed by atoms with Gasteiger partial charge in [0.1, 0.15) is 0 Å². The molecule has 1 fully saturated rings. The van der Waals surface area contributed by atoms with Crippen LogP contribution in [0.2, 0.25) is 0 Å². The molecule has 3 heteroatoms. The van der Waals surface area contributed by atoms with E-state index in [1.54, 1.807) is 0 Å². The number of amides is 1. The SMILES string of the molecule is CC1CCN(C(=O)c2ccc(-n3cccc3)cc2)CC1. The fourth-order valence-corrected chi connectivity index (χ4v) is 2.68. The molecule has 1 aliphatic heterocycles. The van der Waals surface area contributed by atoms with Crippen molar-refractivity contribution in [1.29, 1.82) is 0 Å². The maximum absolute atomic E-state index is 12.4. The van der Waals surface area contributed by atoms with E-state index in [1.807, 2.05) is 58.3 Å². The summed E-state index contributed by atoms with van der Waals surface area (Å²) in [6, 6.07) is 11.8. The third-order valence-corrected chi connectivity index (χ3v) is 4.09. The van der Waals surface area contributed by atoms with Gasteiger partial charge >= 0.3 is 0 Å². The van der Waals surface area contributed by atoms with Crippen LogP contribution in [0.5, 0.6) is 0 Å². The molecule has 2 heterocycles. The summed E-state index contributed by atoms with van der Waals surface area (Å²) in [5, 5.41) is 0. The van der Waals surface area contributed by atoms with Gasteiger partial charge in [-0.1, -0.05) is 6.92 Å². The topological polar surface area (TPSA) is 25.2 Å². The summed E-state index contributed by atoms with van der Waals surface area (Å²) >= 11 is 0. The smallest absolute Gasteiger partial charge is 0.253 e. The number of benzene rings is 1. The van der Waals surface area contributed by atoms with Gasteiger partial charge in [0.25, 0.3) is 5.91 Å². The molecule has 0 spiro atoms. The summed E-state index contributed by atoms with van der Waals surface area (Å²) in [5.74, 6) is 0.908. The van der Waals surface area contributed by atoms with Crippen LogP contribution >= 0.6 is 0 Å². The maximum atomic E-state index is 12.4. The van der Waals surface area contributed by atoms with Crippen molar-refractivity contribution in [2.75, 3.05) is 13.1 Å². The Morgan fingerprint density at radius 3 is 2.25 bits per heavy atom. The van der Waals surface area contributed by atoms with Crippen molar-refractivity contribution >= 4 is 5.91 Å². The molecule has 1 aromatic carbocycles. The zero-order valence-corrected chi connectivity index (χ0v) is 11.8. The van der Waals surface area contributed by atoms with Crippen LogP contribution in [0, 0.1) is 5.92 Å². The summed E-state index contributed by atoms with van der Waals surface area (Å²) in [5.41, 5.74) is 1.87. The first-order valence-electron chi connectivity index (χ1n) is 7.27. The number of piperidine rings is 1. The molecule has 3 rings (SSSR count). The molecule has 0 aliphatic carbocycles. The first-order chi connectivity index (χ1) is 9.74. The van der Waals surface area contributed by atoms with E-state index in [9.17, 15) is 4.79 Å². The molecule has 0 saturated carbocycles. The number of carbonyl (C=O) groups is 1. The van der Waals surface area contributed by atoms with Gasteiger partial charge in [-0.05, 0) is 55.2 Å². The molecule has 0 radical (unpaired) electrons. The highest BCUT2D eigenvalue weighted by atomic mass is 16.2. The van der Waals surface area contributed by atoms with Crippen LogP contribution in [0.25, 0.3) is 5.69 Å². The monoisotopic (exact) mass is 268 g/mol. The molecule has 1 aromatic heterocycles. The Morgan fingerprint density at radius 2 is 1.65 bits per heavy atom. The van der Waals surface area contributed by atoms with Gasteiger partial charge in [-0.25, -0.2) is 0 Å². The summed E-state index contributed by atoms with van der Waals surface area (Å²) in [6.45, 7) is 4.03. The normalized spacial score (nSPS) is 16.4. The van der Waals surface area contributed by atoms with E-state index in [0.717, 1.165) is 43.1 Å². The lowest BCUT2D eigenvalue weighted by Gasteiger charge is -2.30. The lowest BCUT2D eigenvalue weighted by Crippen LogP contribution is -2.37. The maximum Gasteiger partial charge on any atom is 0.253 e. The molecule has 0 bridgehead atoms. The van der Waals surface area contributed by atoms with Crippen LogP contribution in [0.15, 0.2) is 48.8 Å². The third-order valence-electron chi connectivity index (χ3n) is 4.09. The Hall–Kier alpha value is -2.03. The highest BCUT2D eigenvalue weighted by Gasteiger charge is 2.21. The van der Waals surface area contributed by atoms with Gasteiger partial charge in [0, 0.05) is 36.7 Å². The largest absolute Gasteiger partial charge is 0.339 e. The minimum absolute atomic E-state index is 0.163. The summed E-state index contributed by atoms with van der Waals surface area (Å²) in [7, 11) is 0. The molecule has 3 nitrogen and oxygen atoms in total. The zero-order valence-electron chi connectivity index (χ0n) is 11.8. The molecule has 1 aliphatic rings. The standard InChI is InChI=1S/C17H20N2O/c1-14-8-12-19(13-9-14)17(20)15-4-6-16(7-5-15)18-10-2-3-11-18/h2-7,10-11,14H,8-9,12-13H2,1H3. The van der Waals surface area contributed by atoms with Crippen molar-refractivity contribution < 1.29 is 4.79 Å². The molecule has 0 atom stereocenters. The Balaban J connectivity index is 1.73. The van der Waals surface area contributed by atoms with Crippen LogP contribution < -0.4 is 0 Å². The molecule has 20 heavy (non-hydrogen) atoms. The molecular formula is C17H20N2O. The van der Waals surface area contributed by atoms with Gasteiger partial charge in [-0.15, -0.1) is 0 Å². The summed E-state index contributed by atoms with van der Waals surface area (Å²) < 4.78 is 2.04. The first kappa shape index (κ1) is 13.0. The van der Waals surface area contributed by atoms with Crippen LogP contribution in [0.4, 0.5) is 0 Å². The number of carbonyl (C=O) groups excluding carboxylic acids is 1. The van der Waals surface area contributed by atoms with Crippen molar-refractivity contribution in [3.05, 3.63) is 54.4 Å². The minimum atomic E-state index is 0.163. The molecular weight excluding hydrogens is 248 g/mol. The van der Waals surface area contributed by atoms with Gasteiger partial charge < -0.3 is 9.47 Å². The zero-order chi connectivity index (χ0) is 13.9. The third kappa shape index (κ3) is 2.62. The van der Waals surface area contributed by atoms with Gasteiger partial charge in [0.05, 0.1) is 0 Å². The molecule has 0 unspecified atom stereocenters. The molecule has 104 valence electrons. The Morgan fingerprint density at radius 1 is 1.05 bits per heavy atom. The summed E-state index contributed by atoms with van der Waals surface area (Å²) in [4.78, 5) is 14.4. The van der Waals surface area contributed by atoms with E-state index in [4.69, 9.17) is 0 Å². The van der Waals surface area contributed by atoms with E-state index in [-0.39, 0.29) is 5.91 Å². The second-order valence-electron chi connectivity index (χ2n) is 5.61. The van der Waals surface area contributed by atoms with Crippen LogP contribution in [-0.4, -0.2) is 28.5 Å². The second kappa shape index (κ2) is 5.53. The molecule has 0 N–H and O–H groups in total. The molecule has 1 amide bonds. The predicted octanol–water partition coefficient (Wildman–Crippen LogP) is 3.35. The quantitative estimate of drug-likeness (QED) is 0.820. The van der Waals surface area contributed by atoms with Crippen LogP contribution in [0.3, 0.4) is 0 Å². The first-order valence-corrected chi connectivity index (χ1v) is 7.27.